The minimum absolute atomic E-state index is 0.637. The molecule has 0 radical (unpaired) electrons. The Morgan fingerprint density at radius 3 is 2.91 bits per heavy atom. The zero-order valence-electron chi connectivity index (χ0n) is 13.9. The van der Waals surface area contributed by atoms with E-state index in [4.69, 9.17) is 12.2 Å². The molecule has 3 heterocycles. The fourth-order valence-corrected chi connectivity index (χ4v) is 4.81. The van der Waals surface area contributed by atoms with E-state index in [9.17, 15) is 0 Å². The second-order valence-corrected chi connectivity index (χ2v) is 8.18. The van der Waals surface area contributed by atoms with Crippen LogP contribution in [0.1, 0.15) is 31.7 Å². The molecule has 4 unspecified atom stereocenters. The Labute approximate surface area is 153 Å². The summed E-state index contributed by atoms with van der Waals surface area (Å²) in [6, 6.07) is 6.89. The maximum Gasteiger partial charge on any atom is 0.170 e. The van der Waals surface area contributed by atoms with Crippen molar-refractivity contribution in [2.45, 2.75) is 39.2 Å². The molecule has 3 aliphatic rings. The Bertz CT molecular complexity index is 577. The summed E-state index contributed by atoms with van der Waals surface area (Å²) in [4.78, 5) is 2.66. The molecule has 0 spiro atoms. The van der Waals surface area contributed by atoms with E-state index in [0.717, 1.165) is 28.5 Å². The van der Waals surface area contributed by atoms with Gasteiger partial charge in [-0.3, -0.25) is 4.90 Å². The predicted octanol–water partition coefficient (Wildman–Crippen LogP) is 4.16. The van der Waals surface area contributed by atoms with Crippen molar-refractivity contribution in [1.29, 1.82) is 0 Å². The highest BCUT2D eigenvalue weighted by atomic mass is 79.9. The summed E-state index contributed by atoms with van der Waals surface area (Å²) in [7, 11) is 0. The van der Waals surface area contributed by atoms with Crippen molar-refractivity contribution in [3.05, 3.63) is 28.2 Å². The van der Waals surface area contributed by atoms with Gasteiger partial charge in [0.05, 0.1) is 5.69 Å². The molecule has 126 valence electrons. The second-order valence-electron chi connectivity index (χ2n) is 6.92. The highest BCUT2D eigenvalue weighted by Crippen LogP contribution is 2.37. The number of hydrogen-bond donors (Lipinski definition) is 2. The van der Waals surface area contributed by atoms with Crippen LogP contribution in [-0.4, -0.2) is 35.7 Å². The molecule has 0 aliphatic carbocycles. The predicted molar refractivity (Wildman–Crippen MR) is 105 cm³/mol. The second kappa shape index (κ2) is 7.49. The first-order valence-electron chi connectivity index (χ1n) is 8.62. The van der Waals surface area contributed by atoms with Gasteiger partial charge in [0, 0.05) is 23.6 Å². The first kappa shape index (κ1) is 17.2. The molecular weight excluding hydrogens is 370 g/mol. The number of nitrogens with zero attached hydrogens (tertiary/aromatic N) is 1. The van der Waals surface area contributed by atoms with E-state index in [2.05, 4.69) is 63.5 Å². The number of hydrogen-bond acceptors (Lipinski definition) is 2. The van der Waals surface area contributed by atoms with Crippen molar-refractivity contribution in [2.24, 2.45) is 11.8 Å². The largest absolute Gasteiger partial charge is 0.361 e. The molecule has 4 rings (SSSR count). The SMILES string of the molecule is CCC1CN2CCC1CC2CNC(=S)Nc1ccc(C)cc1Br. The van der Waals surface area contributed by atoms with E-state index in [1.807, 2.05) is 0 Å². The lowest BCUT2D eigenvalue weighted by atomic mass is 9.74. The molecule has 1 aromatic carbocycles. The van der Waals surface area contributed by atoms with Crippen molar-refractivity contribution in [3.8, 4) is 0 Å². The van der Waals surface area contributed by atoms with Gasteiger partial charge in [-0.15, -0.1) is 0 Å². The first-order chi connectivity index (χ1) is 11.1. The summed E-state index contributed by atoms with van der Waals surface area (Å²) >= 11 is 9.05. The quantitative estimate of drug-likeness (QED) is 0.748. The summed E-state index contributed by atoms with van der Waals surface area (Å²) in [5, 5.41) is 7.43. The number of rotatable bonds is 4. The Hall–Kier alpha value is -0.650. The van der Waals surface area contributed by atoms with Crippen molar-refractivity contribution in [1.82, 2.24) is 10.2 Å². The van der Waals surface area contributed by atoms with E-state index in [0.29, 0.717) is 11.2 Å². The van der Waals surface area contributed by atoms with Gasteiger partial charge < -0.3 is 10.6 Å². The molecule has 3 aliphatic heterocycles. The van der Waals surface area contributed by atoms with Gasteiger partial charge in [0.15, 0.2) is 5.11 Å². The van der Waals surface area contributed by atoms with Gasteiger partial charge in [-0.2, -0.15) is 0 Å². The third kappa shape index (κ3) is 4.06. The Balaban J connectivity index is 1.50. The van der Waals surface area contributed by atoms with E-state index >= 15 is 0 Å². The third-order valence-electron chi connectivity index (χ3n) is 5.41. The molecule has 23 heavy (non-hydrogen) atoms. The number of thiocarbonyl (C=S) groups is 1. The zero-order chi connectivity index (χ0) is 16.4. The van der Waals surface area contributed by atoms with E-state index in [1.54, 1.807) is 0 Å². The average Bonchev–Trinajstić information content (AvgIpc) is 2.56. The fraction of sp³-hybridized carbons (Fsp3) is 0.611. The molecule has 5 heteroatoms. The fourth-order valence-electron chi connectivity index (χ4n) is 4.02. The molecule has 4 atom stereocenters. The van der Waals surface area contributed by atoms with Crippen molar-refractivity contribution in [2.75, 3.05) is 25.0 Å². The smallest absolute Gasteiger partial charge is 0.170 e. The number of anilines is 1. The van der Waals surface area contributed by atoms with Crippen LogP contribution in [0.15, 0.2) is 22.7 Å². The summed E-state index contributed by atoms with van der Waals surface area (Å²) in [6.07, 6.45) is 4.03. The molecule has 2 bridgehead atoms. The Kier molecular flexibility index (Phi) is 5.60. The molecule has 0 aromatic heterocycles. The maximum atomic E-state index is 5.47. The van der Waals surface area contributed by atoms with Crippen LogP contribution >= 0.6 is 28.1 Å². The van der Waals surface area contributed by atoms with Gasteiger partial charge in [0.1, 0.15) is 0 Å². The van der Waals surface area contributed by atoms with Gasteiger partial charge in [-0.05, 0) is 84.0 Å². The van der Waals surface area contributed by atoms with Gasteiger partial charge >= 0.3 is 0 Å². The minimum atomic E-state index is 0.637. The molecule has 1 aromatic rings. The summed E-state index contributed by atoms with van der Waals surface area (Å²) in [5.74, 6) is 1.83. The summed E-state index contributed by atoms with van der Waals surface area (Å²) in [5.41, 5.74) is 2.25. The topological polar surface area (TPSA) is 27.3 Å². The molecule has 3 saturated heterocycles. The van der Waals surface area contributed by atoms with E-state index in [-0.39, 0.29) is 0 Å². The number of halogens is 1. The van der Waals surface area contributed by atoms with Crippen molar-refractivity contribution >= 4 is 38.9 Å². The highest BCUT2D eigenvalue weighted by Gasteiger charge is 2.38. The van der Waals surface area contributed by atoms with Crippen LogP contribution in [0.4, 0.5) is 5.69 Å². The monoisotopic (exact) mass is 395 g/mol. The van der Waals surface area contributed by atoms with E-state index < -0.39 is 0 Å². The minimum Gasteiger partial charge on any atom is -0.361 e. The van der Waals surface area contributed by atoms with Crippen LogP contribution in [0.5, 0.6) is 0 Å². The first-order valence-corrected chi connectivity index (χ1v) is 9.82. The third-order valence-corrected chi connectivity index (χ3v) is 6.31. The lowest BCUT2D eigenvalue weighted by Crippen LogP contribution is -2.56. The van der Waals surface area contributed by atoms with E-state index in [1.165, 1.54) is 37.9 Å². The number of nitrogens with one attached hydrogen (secondary N) is 2. The Morgan fingerprint density at radius 2 is 2.26 bits per heavy atom. The van der Waals surface area contributed by atoms with Crippen LogP contribution in [-0.2, 0) is 0 Å². The van der Waals surface area contributed by atoms with Crippen LogP contribution in [0.3, 0.4) is 0 Å². The molecular formula is C18H26BrN3S. The van der Waals surface area contributed by atoms with Crippen LogP contribution in [0.2, 0.25) is 0 Å². The number of benzene rings is 1. The lowest BCUT2D eigenvalue weighted by molar-refractivity contribution is 0.00212. The van der Waals surface area contributed by atoms with Crippen LogP contribution in [0.25, 0.3) is 0 Å². The number of piperidine rings is 3. The van der Waals surface area contributed by atoms with Crippen molar-refractivity contribution < 1.29 is 0 Å². The van der Waals surface area contributed by atoms with Crippen molar-refractivity contribution in [3.63, 3.8) is 0 Å². The normalized spacial score (nSPS) is 29.3. The standard InChI is InChI=1S/C18H26BrN3S/c1-3-13-11-22-7-6-14(13)9-15(22)10-20-18(23)21-17-5-4-12(2)8-16(17)19/h4-5,8,13-15H,3,6-7,9-11H2,1-2H3,(H2,20,21,23). The summed E-state index contributed by atoms with van der Waals surface area (Å²) in [6.45, 7) is 7.90. The summed E-state index contributed by atoms with van der Waals surface area (Å²) < 4.78 is 1.05. The number of aryl methyl sites for hydroxylation is 1. The van der Waals surface area contributed by atoms with Gasteiger partial charge in [-0.25, -0.2) is 0 Å². The average molecular weight is 396 g/mol. The highest BCUT2D eigenvalue weighted by molar-refractivity contribution is 9.10. The maximum absolute atomic E-state index is 5.47. The Morgan fingerprint density at radius 1 is 1.43 bits per heavy atom. The molecule has 3 fully saturated rings. The molecule has 0 amide bonds. The lowest BCUT2D eigenvalue weighted by Gasteiger charge is -2.50. The van der Waals surface area contributed by atoms with Gasteiger partial charge in [0.25, 0.3) is 0 Å². The molecule has 0 saturated carbocycles. The van der Waals surface area contributed by atoms with Crippen LogP contribution < -0.4 is 10.6 Å². The number of fused-ring (bicyclic) bond motifs is 3. The molecule has 2 N–H and O–H groups in total. The van der Waals surface area contributed by atoms with Gasteiger partial charge in [0.2, 0.25) is 0 Å². The molecule has 3 nitrogen and oxygen atoms in total. The zero-order valence-corrected chi connectivity index (χ0v) is 16.3. The van der Waals surface area contributed by atoms with Crippen LogP contribution in [0, 0.1) is 18.8 Å². The van der Waals surface area contributed by atoms with Gasteiger partial charge in [-0.1, -0.05) is 19.4 Å².